The van der Waals surface area contributed by atoms with Gasteiger partial charge in [-0.15, -0.1) is 0 Å². The van der Waals surface area contributed by atoms with E-state index in [2.05, 4.69) is 15.3 Å². The highest BCUT2D eigenvalue weighted by molar-refractivity contribution is 7.05. The largest absolute Gasteiger partial charge is 0.490 e. The van der Waals surface area contributed by atoms with Gasteiger partial charge in [0.15, 0.2) is 0 Å². The third-order valence-electron chi connectivity index (χ3n) is 4.95. The van der Waals surface area contributed by atoms with Gasteiger partial charge < -0.3 is 9.30 Å². The minimum atomic E-state index is -0.239. The fraction of sp³-hybridized carbons (Fsp3) is 0.190. The monoisotopic (exact) mass is 413 g/mol. The van der Waals surface area contributed by atoms with Crippen molar-refractivity contribution in [3.05, 3.63) is 76.1 Å². The van der Waals surface area contributed by atoms with Gasteiger partial charge in [-0.2, -0.15) is 0 Å². The Bertz CT molecular complexity index is 1140. The van der Waals surface area contributed by atoms with E-state index in [4.69, 9.17) is 16.3 Å². The molecule has 2 aromatic carbocycles. The van der Waals surface area contributed by atoms with Gasteiger partial charge in [-0.1, -0.05) is 11.6 Å². The van der Waals surface area contributed by atoms with Gasteiger partial charge in [-0.3, -0.25) is 4.90 Å². The second kappa shape index (κ2) is 7.20. The Morgan fingerprint density at radius 2 is 2.11 bits per heavy atom. The van der Waals surface area contributed by atoms with Crippen molar-refractivity contribution in [2.75, 3.05) is 13.2 Å². The SMILES string of the molecule is Fc1ccc2c(ccn2-c2cc(Cl)c3c(c2)CN(Cc2ccns2)CCO3)c1. The predicted octanol–water partition coefficient (Wildman–Crippen LogP) is 5.27. The summed E-state index contributed by atoms with van der Waals surface area (Å²) < 4.78 is 25.7. The molecular weight excluding hydrogens is 397 g/mol. The highest BCUT2D eigenvalue weighted by Crippen LogP contribution is 2.35. The molecule has 3 heterocycles. The third-order valence-corrected chi connectivity index (χ3v) is 5.96. The van der Waals surface area contributed by atoms with Crippen LogP contribution in [0.25, 0.3) is 16.6 Å². The van der Waals surface area contributed by atoms with Crippen molar-refractivity contribution in [2.24, 2.45) is 0 Å². The topological polar surface area (TPSA) is 30.3 Å². The Labute approximate surface area is 170 Å². The molecule has 28 heavy (non-hydrogen) atoms. The molecule has 2 aromatic heterocycles. The second-order valence-corrected chi connectivity index (χ2v) is 8.17. The van der Waals surface area contributed by atoms with Crippen molar-refractivity contribution in [1.82, 2.24) is 13.8 Å². The quantitative estimate of drug-likeness (QED) is 0.458. The molecule has 4 aromatic rings. The molecule has 142 valence electrons. The van der Waals surface area contributed by atoms with Crippen LogP contribution in [0.4, 0.5) is 4.39 Å². The summed E-state index contributed by atoms with van der Waals surface area (Å²) >= 11 is 8.10. The Morgan fingerprint density at radius 3 is 2.96 bits per heavy atom. The third kappa shape index (κ3) is 3.28. The lowest BCUT2D eigenvalue weighted by Crippen LogP contribution is -2.24. The summed E-state index contributed by atoms with van der Waals surface area (Å²) in [6, 6.07) is 12.8. The summed E-state index contributed by atoms with van der Waals surface area (Å²) in [7, 11) is 0. The zero-order valence-electron chi connectivity index (χ0n) is 14.9. The first-order chi connectivity index (χ1) is 13.7. The van der Waals surface area contributed by atoms with Gasteiger partial charge in [-0.05, 0) is 54.0 Å². The summed E-state index contributed by atoms with van der Waals surface area (Å²) in [4.78, 5) is 3.56. The average Bonchev–Trinajstić information content (AvgIpc) is 3.27. The van der Waals surface area contributed by atoms with Gasteiger partial charge in [0, 0.05) is 53.5 Å². The summed E-state index contributed by atoms with van der Waals surface area (Å²) in [5.41, 5.74) is 2.93. The Balaban J connectivity index is 1.53. The van der Waals surface area contributed by atoms with Crippen LogP contribution in [0.1, 0.15) is 10.4 Å². The zero-order chi connectivity index (χ0) is 19.1. The van der Waals surface area contributed by atoms with Crippen LogP contribution < -0.4 is 4.74 Å². The van der Waals surface area contributed by atoms with Crippen molar-refractivity contribution in [2.45, 2.75) is 13.1 Å². The predicted molar refractivity (Wildman–Crippen MR) is 110 cm³/mol. The van der Waals surface area contributed by atoms with Crippen molar-refractivity contribution in [3.63, 3.8) is 0 Å². The molecule has 0 atom stereocenters. The van der Waals surface area contributed by atoms with Crippen LogP contribution in [0.15, 0.2) is 54.9 Å². The molecule has 0 unspecified atom stereocenters. The normalized spacial score (nSPS) is 14.6. The summed E-state index contributed by atoms with van der Waals surface area (Å²) in [5, 5.41) is 1.45. The second-order valence-electron chi connectivity index (χ2n) is 6.84. The summed E-state index contributed by atoms with van der Waals surface area (Å²) in [5.74, 6) is 0.511. The smallest absolute Gasteiger partial charge is 0.142 e. The zero-order valence-corrected chi connectivity index (χ0v) is 16.5. The Kier molecular flexibility index (Phi) is 4.55. The number of ether oxygens (including phenoxy) is 1. The number of fused-ring (bicyclic) bond motifs is 2. The van der Waals surface area contributed by atoms with Gasteiger partial charge in [0.2, 0.25) is 0 Å². The standard InChI is InChI=1S/C21H17ClFN3OS/c22-19-11-17(26-6-4-14-9-16(23)1-2-20(14)26)10-15-12-25(7-8-27-21(15)19)13-18-3-5-24-28-18/h1-6,9-11H,7-8,12-13H2. The van der Waals surface area contributed by atoms with Crippen molar-refractivity contribution >= 4 is 34.0 Å². The molecule has 4 nitrogen and oxygen atoms in total. The highest BCUT2D eigenvalue weighted by atomic mass is 35.5. The van der Waals surface area contributed by atoms with Crippen LogP contribution in [-0.4, -0.2) is 27.0 Å². The molecule has 0 N–H and O–H groups in total. The minimum absolute atomic E-state index is 0.239. The molecule has 0 bridgehead atoms. The minimum Gasteiger partial charge on any atom is -0.490 e. The lowest BCUT2D eigenvalue weighted by Gasteiger charge is -2.18. The maximum atomic E-state index is 13.5. The molecular formula is C21H17ClFN3OS. The fourth-order valence-corrected chi connectivity index (χ4v) is 4.57. The first-order valence-electron chi connectivity index (χ1n) is 9.01. The lowest BCUT2D eigenvalue weighted by atomic mass is 10.1. The van der Waals surface area contributed by atoms with Gasteiger partial charge in [-0.25, -0.2) is 8.76 Å². The molecule has 0 aliphatic carbocycles. The van der Waals surface area contributed by atoms with Crippen LogP contribution in [-0.2, 0) is 13.1 Å². The van der Waals surface area contributed by atoms with E-state index in [1.165, 1.54) is 28.5 Å². The number of halogens is 2. The molecule has 0 spiro atoms. The van der Waals surface area contributed by atoms with Gasteiger partial charge in [0.1, 0.15) is 18.2 Å². The van der Waals surface area contributed by atoms with Crippen molar-refractivity contribution in [1.29, 1.82) is 0 Å². The van der Waals surface area contributed by atoms with E-state index in [1.54, 1.807) is 6.07 Å². The molecule has 0 saturated heterocycles. The highest BCUT2D eigenvalue weighted by Gasteiger charge is 2.20. The van der Waals surface area contributed by atoms with E-state index in [0.29, 0.717) is 11.6 Å². The van der Waals surface area contributed by atoms with Crippen molar-refractivity contribution < 1.29 is 9.13 Å². The van der Waals surface area contributed by atoms with E-state index in [9.17, 15) is 4.39 Å². The number of benzene rings is 2. The molecule has 7 heteroatoms. The number of aromatic nitrogens is 2. The number of hydrogen-bond acceptors (Lipinski definition) is 4. The van der Waals surface area contributed by atoms with E-state index in [-0.39, 0.29) is 5.82 Å². The number of hydrogen-bond donors (Lipinski definition) is 0. The van der Waals surface area contributed by atoms with Gasteiger partial charge in [0.05, 0.1) is 10.5 Å². The maximum absolute atomic E-state index is 13.5. The van der Waals surface area contributed by atoms with Crippen LogP contribution in [0.5, 0.6) is 5.75 Å². The number of nitrogens with zero attached hydrogens (tertiary/aromatic N) is 3. The summed E-state index contributed by atoms with van der Waals surface area (Å²) in [6.45, 7) is 3.00. The molecule has 0 amide bonds. The Hall–Kier alpha value is -2.41. The first kappa shape index (κ1) is 17.7. The molecule has 1 aliphatic rings. The van der Waals surface area contributed by atoms with E-state index < -0.39 is 0 Å². The maximum Gasteiger partial charge on any atom is 0.142 e. The van der Waals surface area contributed by atoms with Crippen molar-refractivity contribution in [3.8, 4) is 11.4 Å². The summed E-state index contributed by atoms with van der Waals surface area (Å²) in [6.07, 6.45) is 3.77. The molecule has 1 aliphatic heterocycles. The molecule has 0 radical (unpaired) electrons. The van der Waals surface area contributed by atoms with Crippen LogP contribution >= 0.6 is 23.1 Å². The van der Waals surface area contributed by atoms with E-state index >= 15 is 0 Å². The van der Waals surface area contributed by atoms with Gasteiger partial charge in [0.25, 0.3) is 0 Å². The van der Waals surface area contributed by atoms with Gasteiger partial charge >= 0.3 is 0 Å². The average molecular weight is 414 g/mol. The van der Waals surface area contributed by atoms with Crippen LogP contribution in [0.3, 0.4) is 0 Å². The lowest BCUT2D eigenvalue weighted by molar-refractivity contribution is 0.221. The molecule has 0 fully saturated rings. The molecule has 5 rings (SSSR count). The van der Waals surface area contributed by atoms with E-state index in [0.717, 1.165) is 47.5 Å². The fourth-order valence-electron chi connectivity index (χ4n) is 3.67. The van der Waals surface area contributed by atoms with E-state index in [1.807, 2.05) is 35.2 Å². The molecule has 0 saturated carbocycles. The number of rotatable bonds is 3. The first-order valence-corrected chi connectivity index (χ1v) is 10.2. The van der Waals surface area contributed by atoms with Crippen LogP contribution in [0, 0.1) is 5.82 Å². The van der Waals surface area contributed by atoms with Crippen LogP contribution in [0.2, 0.25) is 5.02 Å². The Morgan fingerprint density at radius 1 is 1.18 bits per heavy atom.